The summed E-state index contributed by atoms with van der Waals surface area (Å²) in [7, 11) is 0. The van der Waals surface area contributed by atoms with E-state index in [9.17, 15) is 5.11 Å². The molecule has 0 fully saturated rings. The van der Waals surface area contributed by atoms with Gasteiger partial charge in [-0.2, -0.15) is 0 Å². The molecule has 0 saturated carbocycles. The van der Waals surface area contributed by atoms with Gasteiger partial charge in [0.25, 0.3) is 0 Å². The van der Waals surface area contributed by atoms with Gasteiger partial charge in [0.05, 0.1) is 0 Å². The zero-order chi connectivity index (χ0) is 15.8. The van der Waals surface area contributed by atoms with E-state index >= 15 is 0 Å². The van der Waals surface area contributed by atoms with Crippen LogP contribution in [-0.2, 0) is 11.8 Å². The fourth-order valence-electron chi connectivity index (χ4n) is 3.58. The highest BCUT2D eigenvalue weighted by Gasteiger charge is 2.36. The van der Waals surface area contributed by atoms with Crippen LogP contribution < -0.4 is 5.73 Å². The van der Waals surface area contributed by atoms with Crippen LogP contribution in [0.4, 0.5) is 0 Å². The minimum Gasteiger partial charge on any atom is -0.396 e. The molecule has 22 heavy (non-hydrogen) atoms. The molecule has 0 heterocycles. The Morgan fingerprint density at radius 2 is 1.55 bits per heavy atom. The van der Waals surface area contributed by atoms with Gasteiger partial charge in [0.2, 0.25) is 0 Å². The number of nitrogens with two attached hydrogens (primary N) is 1. The molecule has 0 spiro atoms. The van der Waals surface area contributed by atoms with Gasteiger partial charge in [0, 0.05) is 12.0 Å². The van der Waals surface area contributed by atoms with Crippen molar-refractivity contribution in [2.45, 2.75) is 31.6 Å². The maximum absolute atomic E-state index is 9.66. The predicted octanol–water partition coefficient (Wildman–Crippen LogP) is 3.53. The molecule has 2 heteroatoms. The molecular formula is C20H27NO. The van der Waals surface area contributed by atoms with Gasteiger partial charge in [0.15, 0.2) is 0 Å². The smallest absolute Gasteiger partial charge is 0.0439 e. The summed E-state index contributed by atoms with van der Waals surface area (Å²) in [5, 5.41) is 9.66. The Morgan fingerprint density at radius 3 is 2.09 bits per heavy atom. The largest absolute Gasteiger partial charge is 0.396 e. The molecular weight excluding hydrogens is 270 g/mol. The summed E-state index contributed by atoms with van der Waals surface area (Å²) in [4.78, 5) is 0. The Balaban J connectivity index is 2.34. The van der Waals surface area contributed by atoms with Crippen molar-refractivity contribution in [3.8, 4) is 0 Å². The SMILES string of the molecule is CC(Cc1ccccc1)C(CCN)(CCO)c1ccccc1. The highest BCUT2D eigenvalue weighted by atomic mass is 16.3. The van der Waals surface area contributed by atoms with Crippen molar-refractivity contribution >= 4 is 0 Å². The number of rotatable bonds is 8. The van der Waals surface area contributed by atoms with Crippen LogP contribution in [0.25, 0.3) is 0 Å². The first-order valence-electron chi connectivity index (χ1n) is 8.13. The van der Waals surface area contributed by atoms with E-state index in [0.29, 0.717) is 12.5 Å². The zero-order valence-corrected chi connectivity index (χ0v) is 13.4. The van der Waals surface area contributed by atoms with Crippen molar-refractivity contribution in [3.05, 3.63) is 71.8 Å². The van der Waals surface area contributed by atoms with Crippen LogP contribution in [0.1, 0.15) is 30.9 Å². The average Bonchev–Trinajstić information content (AvgIpc) is 2.56. The minimum atomic E-state index is -0.0688. The number of aliphatic hydroxyl groups excluding tert-OH is 1. The third-order valence-electron chi connectivity index (χ3n) is 4.83. The van der Waals surface area contributed by atoms with Crippen LogP contribution in [0.5, 0.6) is 0 Å². The second kappa shape index (κ2) is 8.11. The Hall–Kier alpha value is -1.64. The van der Waals surface area contributed by atoms with Crippen LogP contribution >= 0.6 is 0 Å². The lowest BCUT2D eigenvalue weighted by atomic mass is 9.65. The minimum absolute atomic E-state index is 0.0688. The first kappa shape index (κ1) is 16.7. The lowest BCUT2D eigenvalue weighted by Crippen LogP contribution is -2.38. The van der Waals surface area contributed by atoms with Crippen molar-refractivity contribution in [3.63, 3.8) is 0 Å². The summed E-state index contributed by atoms with van der Waals surface area (Å²) in [5.41, 5.74) is 8.49. The second-order valence-electron chi connectivity index (χ2n) is 6.13. The van der Waals surface area contributed by atoms with Gasteiger partial charge in [-0.15, -0.1) is 0 Å². The summed E-state index contributed by atoms with van der Waals surface area (Å²) < 4.78 is 0. The summed E-state index contributed by atoms with van der Waals surface area (Å²) in [6.07, 6.45) is 2.64. The van der Waals surface area contributed by atoms with E-state index in [1.807, 2.05) is 12.1 Å². The summed E-state index contributed by atoms with van der Waals surface area (Å²) in [6.45, 7) is 3.10. The Bertz CT molecular complexity index is 532. The van der Waals surface area contributed by atoms with Gasteiger partial charge in [0.1, 0.15) is 0 Å². The van der Waals surface area contributed by atoms with Gasteiger partial charge >= 0.3 is 0 Å². The highest BCUT2D eigenvalue weighted by Crippen LogP contribution is 2.40. The number of aliphatic hydroxyl groups is 1. The second-order valence-corrected chi connectivity index (χ2v) is 6.13. The van der Waals surface area contributed by atoms with Gasteiger partial charge < -0.3 is 10.8 Å². The molecule has 0 aromatic heterocycles. The molecule has 0 amide bonds. The fraction of sp³-hybridized carbons (Fsp3) is 0.400. The Morgan fingerprint density at radius 1 is 0.955 bits per heavy atom. The highest BCUT2D eigenvalue weighted by molar-refractivity contribution is 5.28. The van der Waals surface area contributed by atoms with E-state index in [0.717, 1.165) is 19.3 Å². The zero-order valence-electron chi connectivity index (χ0n) is 13.4. The first-order valence-corrected chi connectivity index (χ1v) is 8.13. The monoisotopic (exact) mass is 297 g/mol. The molecule has 3 N–H and O–H groups in total. The van der Waals surface area contributed by atoms with E-state index in [4.69, 9.17) is 5.73 Å². The van der Waals surface area contributed by atoms with E-state index < -0.39 is 0 Å². The third kappa shape index (κ3) is 3.76. The normalized spacial score (nSPS) is 15.2. The average molecular weight is 297 g/mol. The topological polar surface area (TPSA) is 46.2 Å². The van der Waals surface area contributed by atoms with Crippen LogP contribution in [-0.4, -0.2) is 18.3 Å². The van der Waals surface area contributed by atoms with Gasteiger partial charge in [-0.1, -0.05) is 67.6 Å². The van der Waals surface area contributed by atoms with E-state index in [1.54, 1.807) is 0 Å². The fourth-order valence-corrected chi connectivity index (χ4v) is 3.58. The number of hydrogen-bond donors (Lipinski definition) is 2. The molecule has 2 aromatic rings. The molecule has 0 aliphatic heterocycles. The van der Waals surface area contributed by atoms with Crippen molar-refractivity contribution in [2.75, 3.05) is 13.2 Å². The molecule has 0 radical (unpaired) electrons. The van der Waals surface area contributed by atoms with Crippen LogP contribution in [0.15, 0.2) is 60.7 Å². The molecule has 2 unspecified atom stereocenters. The van der Waals surface area contributed by atoms with Crippen LogP contribution in [0.2, 0.25) is 0 Å². The number of benzene rings is 2. The quantitative estimate of drug-likeness (QED) is 0.783. The molecule has 2 aromatic carbocycles. The molecule has 0 aliphatic carbocycles. The van der Waals surface area contributed by atoms with Crippen LogP contribution in [0, 0.1) is 5.92 Å². The van der Waals surface area contributed by atoms with Crippen molar-refractivity contribution in [1.29, 1.82) is 0 Å². The van der Waals surface area contributed by atoms with Crippen molar-refractivity contribution in [1.82, 2.24) is 0 Å². The van der Waals surface area contributed by atoms with Gasteiger partial charge in [-0.3, -0.25) is 0 Å². The standard InChI is InChI=1S/C20H27NO/c1-17(16-18-8-4-2-5-9-18)20(12-14-21,13-15-22)19-10-6-3-7-11-19/h2-11,17,22H,12-16,21H2,1H3. The molecule has 0 bridgehead atoms. The van der Waals surface area contributed by atoms with Gasteiger partial charge in [-0.05, 0) is 42.9 Å². The summed E-state index contributed by atoms with van der Waals surface area (Å²) in [5.74, 6) is 0.410. The molecule has 118 valence electrons. The van der Waals surface area contributed by atoms with E-state index in [1.165, 1.54) is 11.1 Å². The summed E-state index contributed by atoms with van der Waals surface area (Å²) >= 11 is 0. The third-order valence-corrected chi connectivity index (χ3v) is 4.83. The molecule has 0 saturated heterocycles. The lowest BCUT2D eigenvalue weighted by Gasteiger charge is -2.40. The van der Waals surface area contributed by atoms with Crippen molar-refractivity contribution in [2.24, 2.45) is 11.7 Å². The van der Waals surface area contributed by atoms with E-state index in [2.05, 4.69) is 55.5 Å². The number of hydrogen-bond acceptors (Lipinski definition) is 2. The molecule has 2 rings (SSSR count). The van der Waals surface area contributed by atoms with Gasteiger partial charge in [-0.25, -0.2) is 0 Å². The summed E-state index contributed by atoms with van der Waals surface area (Å²) in [6, 6.07) is 21.1. The lowest BCUT2D eigenvalue weighted by molar-refractivity contribution is 0.181. The van der Waals surface area contributed by atoms with E-state index in [-0.39, 0.29) is 12.0 Å². The molecule has 2 atom stereocenters. The molecule has 0 aliphatic rings. The first-order chi connectivity index (χ1) is 10.7. The maximum Gasteiger partial charge on any atom is 0.0439 e. The van der Waals surface area contributed by atoms with Crippen LogP contribution in [0.3, 0.4) is 0 Å². The Kier molecular flexibility index (Phi) is 6.17. The Labute approximate surface area is 134 Å². The van der Waals surface area contributed by atoms with Crippen molar-refractivity contribution < 1.29 is 5.11 Å². The maximum atomic E-state index is 9.66. The predicted molar refractivity (Wildman–Crippen MR) is 92.8 cm³/mol. The molecule has 2 nitrogen and oxygen atoms in total.